The van der Waals surface area contributed by atoms with Crippen molar-refractivity contribution >= 4 is 28.9 Å². The van der Waals surface area contributed by atoms with Crippen molar-refractivity contribution in [3.8, 4) is 0 Å². The summed E-state index contributed by atoms with van der Waals surface area (Å²) in [6.45, 7) is 1.43. The van der Waals surface area contributed by atoms with Gasteiger partial charge in [-0.1, -0.05) is 0 Å². The maximum Gasteiger partial charge on any atom is 0.257 e. The van der Waals surface area contributed by atoms with Gasteiger partial charge in [0, 0.05) is 24.5 Å². The average molecular weight is 270 g/mol. The van der Waals surface area contributed by atoms with Gasteiger partial charge in [0.15, 0.2) is 0 Å². The zero-order valence-corrected chi connectivity index (χ0v) is 10.9. The second-order valence-electron chi connectivity index (χ2n) is 4.18. The molecule has 0 saturated heterocycles. The van der Waals surface area contributed by atoms with E-state index >= 15 is 0 Å². The van der Waals surface area contributed by atoms with Crippen LogP contribution in [0.25, 0.3) is 0 Å². The van der Waals surface area contributed by atoms with Crippen LogP contribution in [0.1, 0.15) is 17.3 Å². The molecule has 0 saturated carbocycles. The van der Waals surface area contributed by atoms with E-state index in [0.29, 0.717) is 22.6 Å². The normalized spacial score (nSPS) is 9.85. The van der Waals surface area contributed by atoms with E-state index in [4.69, 9.17) is 5.73 Å². The number of nitrogens with zero attached hydrogens (tertiary/aromatic N) is 1. The number of nitrogen functional groups attached to an aromatic ring is 1. The number of rotatable bonds is 3. The zero-order chi connectivity index (χ0) is 14.5. The van der Waals surface area contributed by atoms with Crippen molar-refractivity contribution in [3.05, 3.63) is 48.3 Å². The number of benzene rings is 1. The summed E-state index contributed by atoms with van der Waals surface area (Å²) < 4.78 is 0. The van der Waals surface area contributed by atoms with Crippen molar-refractivity contribution in [1.82, 2.24) is 4.98 Å². The van der Waals surface area contributed by atoms with Crippen LogP contribution in [0.4, 0.5) is 17.1 Å². The molecule has 0 aliphatic carbocycles. The van der Waals surface area contributed by atoms with Crippen LogP contribution in [0.5, 0.6) is 0 Å². The summed E-state index contributed by atoms with van der Waals surface area (Å²) in [5, 5.41) is 5.37. The third-order valence-corrected chi connectivity index (χ3v) is 2.56. The molecule has 0 spiro atoms. The molecule has 1 aromatic heterocycles. The maximum atomic E-state index is 12.0. The van der Waals surface area contributed by atoms with Gasteiger partial charge in [-0.25, -0.2) is 0 Å². The van der Waals surface area contributed by atoms with Gasteiger partial charge >= 0.3 is 0 Å². The van der Waals surface area contributed by atoms with Gasteiger partial charge in [-0.15, -0.1) is 0 Å². The van der Waals surface area contributed by atoms with Crippen molar-refractivity contribution in [2.24, 2.45) is 0 Å². The van der Waals surface area contributed by atoms with E-state index < -0.39 is 0 Å². The minimum atomic E-state index is -0.308. The molecule has 6 nitrogen and oxygen atoms in total. The third-order valence-electron chi connectivity index (χ3n) is 2.56. The molecule has 0 aliphatic rings. The van der Waals surface area contributed by atoms with E-state index in [0.717, 1.165) is 0 Å². The first-order chi connectivity index (χ1) is 9.56. The van der Waals surface area contributed by atoms with Crippen molar-refractivity contribution in [1.29, 1.82) is 0 Å². The van der Waals surface area contributed by atoms with E-state index in [9.17, 15) is 9.59 Å². The monoisotopic (exact) mass is 270 g/mol. The molecule has 1 aromatic carbocycles. The Balaban J connectivity index is 2.09. The predicted octanol–water partition coefficient (Wildman–Crippen LogP) is 1.87. The Kier molecular flexibility index (Phi) is 3.95. The summed E-state index contributed by atoms with van der Waals surface area (Å²) in [6.07, 6.45) is 2.93. The fourth-order valence-corrected chi connectivity index (χ4v) is 1.65. The predicted molar refractivity (Wildman–Crippen MR) is 77.3 cm³/mol. The topological polar surface area (TPSA) is 97.1 Å². The summed E-state index contributed by atoms with van der Waals surface area (Å²) >= 11 is 0. The maximum absolute atomic E-state index is 12.0. The number of aromatic nitrogens is 1. The Morgan fingerprint density at radius 3 is 2.20 bits per heavy atom. The number of carbonyl (C=O) groups is 2. The van der Waals surface area contributed by atoms with Crippen LogP contribution in [0.2, 0.25) is 0 Å². The van der Waals surface area contributed by atoms with Crippen LogP contribution in [-0.2, 0) is 4.79 Å². The molecule has 20 heavy (non-hydrogen) atoms. The summed E-state index contributed by atoms with van der Waals surface area (Å²) in [7, 11) is 0. The van der Waals surface area contributed by atoms with Gasteiger partial charge < -0.3 is 16.4 Å². The van der Waals surface area contributed by atoms with Crippen molar-refractivity contribution in [2.75, 3.05) is 16.4 Å². The number of amides is 2. The second kappa shape index (κ2) is 5.83. The number of nitrogens with two attached hydrogens (primary N) is 1. The first-order valence-electron chi connectivity index (χ1n) is 5.95. The van der Waals surface area contributed by atoms with E-state index in [1.54, 1.807) is 30.3 Å². The lowest BCUT2D eigenvalue weighted by atomic mass is 10.2. The number of hydrogen-bond acceptors (Lipinski definition) is 4. The van der Waals surface area contributed by atoms with Crippen LogP contribution < -0.4 is 16.4 Å². The molecular formula is C14H14N4O2. The molecule has 2 aromatic rings. The Labute approximate surface area is 116 Å². The van der Waals surface area contributed by atoms with Crippen LogP contribution in [0, 0.1) is 0 Å². The van der Waals surface area contributed by atoms with E-state index in [2.05, 4.69) is 15.6 Å². The highest BCUT2D eigenvalue weighted by Crippen LogP contribution is 2.16. The molecule has 4 N–H and O–H groups in total. The molecule has 0 fully saturated rings. The third kappa shape index (κ3) is 3.32. The van der Waals surface area contributed by atoms with Gasteiger partial charge in [-0.3, -0.25) is 14.6 Å². The first kappa shape index (κ1) is 13.5. The average Bonchev–Trinajstić information content (AvgIpc) is 2.41. The van der Waals surface area contributed by atoms with E-state index in [1.807, 2.05) is 0 Å². The molecule has 1 heterocycles. The van der Waals surface area contributed by atoms with Crippen LogP contribution in [0.15, 0.2) is 42.7 Å². The number of carbonyl (C=O) groups excluding carboxylic acids is 2. The Hall–Kier alpha value is -2.89. The van der Waals surface area contributed by atoms with E-state index in [1.165, 1.54) is 19.3 Å². The Morgan fingerprint density at radius 2 is 1.65 bits per heavy atom. The van der Waals surface area contributed by atoms with Gasteiger partial charge in [-0.2, -0.15) is 0 Å². The Bertz CT molecular complexity index is 638. The molecule has 102 valence electrons. The Morgan fingerprint density at radius 1 is 1.05 bits per heavy atom. The molecule has 6 heteroatoms. The van der Waals surface area contributed by atoms with Gasteiger partial charge in [-0.05, 0) is 30.3 Å². The van der Waals surface area contributed by atoms with Crippen LogP contribution in [-0.4, -0.2) is 16.8 Å². The van der Waals surface area contributed by atoms with Crippen molar-refractivity contribution in [3.63, 3.8) is 0 Å². The fourth-order valence-electron chi connectivity index (χ4n) is 1.65. The number of pyridine rings is 1. The molecule has 2 amide bonds. The lowest BCUT2D eigenvalue weighted by molar-refractivity contribution is -0.114. The SMILES string of the molecule is CC(=O)Nc1ccc(NC(=O)c2ccncc2N)cc1. The van der Waals surface area contributed by atoms with Gasteiger partial charge in [0.25, 0.3) is 5.91 Å². The smallest absolute Gasteiger partial charge is 0.257 e. The van der Waals surface area contributed by atoms with Crippen molar-refractivity contribution < 1.29 is 9.59 Å². The fraction of sp³-hybridized carbons (Fsp3) is 0.0714. The summed E-state index contributed by atoms with van der Waals surface area (Å²) in [6, 6.07) is 8.34. The number of anilines is 3. The number of hydrogen-bond donors (Lipinski definition) is 3. The minimum absolute atomic E-state index is 0.147. The molecule has 0 bridgehead atoms. The zero-order valence-electron chi connectivity index (χ0n) is 10.9. The highest BCUT2D eigenvalue weighted by Gasteiger charge is 2.09. The van der Waals surface area contributed by atoms with Gasteiger partial charge in [0.1, 0.15) is 0 Å². The number of nitrogens with one attached hydrogen (secondary N) is 2. The standard InChI is InChI=1S/C14H14N4O2/c1-9(19)17-10-2-4-11(5-3-10)18-14(20)12-6-7-16-8-13(12)15/h2-8H,15H2,1H3,(H,17,19)(H,18,20). The lowest BCUT2D eigenvalue weighted by Crippen LogP contribution is -2.14. The van der Waals surface area contributed by atoms with Gasteiger partial charge in [0.05, 0.1) is 17.4 Å². The van der Waals surface area contributed by atoms with Gasteiger partial charge in [0.2, 0.25) is 5.91 Å². The first-order valence-corrected chi connectivity index (χ1v) is 5.95. The molecular weight excluding hydrogens is 256 g/mol. The molecule has 0 atom stereocenters. The quantitative estimate of drug-likeness (QED) is 0.793. The molecule has 0 unspecified atom stereocenters. The highest BCUT2D eigenvalue weighted by atomic mass is 16.2. The van der Waals surface area contributed by atoms with Crippen molar-refractivity contribution in [2.45, 2.75) is 6.92 Å². The van der Waals surface area contributed by atoms with Crippen LogP contribution in [0.3, 0.4) is 0 Å². The summed E-state index contributed by atoms with van der Waals surface area (Å²) in [4.78, 5) is 26.7. The van der Waals surface area contributed by atoms with Crippen LogP contribution >= 0.6 is 0 Å². The molecule has 2 rings (SSSR count). The lowest BCUT2D eigenvalue weighted by Gasteiger charge is -2.08. The second-order valence-corrected chi connectivity index (χ2v) is 4.18. The highest BCUT2D eigenvalue weighted by molar-refractivity contribution is 6.07. The minimum Gasteiger partial charge on any atom is -0.397 e. The van der Waals surface area contributed by atoms with E-state index in [-0.39, 0.29) is 11.8 Å². The molecule has 0 aliphatic heterocycles. The summed E-state index contributed by atoms with van der Waals surface area (Å²) in [5.41, 5.74) is 7.65. The summed E-state index contributed by atoms with van der Waals surface area (Å²) in [5.74, 6) is -0.455. The molecule has 0 radical (unpaired) electrons. The largest absolute Gasteiger partial charge is 0.397 e.